The molecule has 166 valence electrons. The number of ketones is 1. The second-order valence-corrected chi connectivity index (χ2v) is 9.17. The number of anilines is 1. The molecule has 1 saturated carbocycles. The van der Waals surface area contributed by atoms with Crippen LogP contribution in [-0.4, -0.2) is 40.3 Å². The second kappa shape index (κ2) is 7.70. The normalized spacial score (nSPS) is 17.9. The summed E-state index contributed by atoms with van der Waals surface area (Å²) < 4.78 is 5.64. The fraction of sp³-hybridized carbons (Fsp3) is 0.417. The van der Waals surface area contributed by atoms with Gasteiger partial charge in [0.25, 0.3) is 0 Å². The van der Waals surface area contributed by atoms with E-state index in [4.69, 9.17) is 10.2 Å². The number of rotatable bonds is 6. The molecular formula is C24H27N5O3. The predicted octanol–water partition coefficient (Wildman–Crippen LogP) is 3.29. The Labute approximate surface area is 186 Å². The molecule has 1 amide bonds. The summed E-state index contributed by atoms with van der Waals surface area (Å²) in [6, 6.07) is 3.60. The van der Waals surface area contributed by atoms with Gasteiger partial charge in [0.1, 0.15) is 18.4 Å². The lowest BCUT2D eigenvalue weighted by atomic mass is 9.80. The quantitative estimate of drug-likeness (QED) is 0.510. The Bertz CT molecular complexity index is 1220. The third-order valence-electron chi connectivity index (χ3n) is 6.73. The van der Waals surface area contributed by atoms with E-state index in [-0.39, 0.29) is 17.2 Å². The van der Waals surface area contributed by atoms with Crippen LogP contribution in [0.1, 0.15) is 75.9 Å². The topological polar surface area (TPSA) is 123 Å². The van der Waals surface area contributed by atoms with Crippen molar-refractivity contribution in [1.29, 1.82) is 0 Å². The molecule has 1 aliphatic heterocycles. The van der Waals surface area contributed by atoms with Gasteiger partial charge in [-0.1, -0.05) is 12.1 Å². The molecule has 2 aliphatic rings. The van der Waals surface area contributed by atoms with Crippen LogP contribution in [0, 0.1) is 6.92 Å². The van der Waals surface area contributed by atoms with Gasteiger partial charge in [0.05, 0.1) is 10.9 Å². The first-order chi connectivity index (χ1) is 15.4. The lowest BCUT2D eigenvalue weighted by Crippen LogP contribution is -2.29. The zero-order valence-corrected chi connectivity index (χ0v) is 18.3. The average molecular weight is 434 g/mol. The SMILES string of the molecule is Cc1ccc(C(=O)c2coc3ncnc(NC4(C)CC4)c23)c(C2CCNCC2)c1C(N)=O. The molecule has 3 aromatic rings. The molecule has 1 aliphatic carbocycles. The van der Waals surface area contributed by atoms with Crippen LogP contribution in [-0.2, 0) is 0 Å². The number of benzene rings is 1. The number of hydrogen-bond acceptors (Lipinski definition) is 7. The molecule has 4 N–H and O–H groups in total. The van der Waals surface area contributed by atoms with E-state index in [2.05, 4.69) is 27.5 Å². The van der Waals surface area contributed by atoms with Crippen molar-refractivity contribution in [3.05, 3.63) is 52.5 Å². The Balaban J connectivity index is 1.66. The van der Waals surface area contributed by atoms with Gasteiger partial charge in [-0.2, -0.15) is 0 Å². The van der Waals surface area contributed by atoms with Crippen LogP contribution in [0.3, 0.4) is 0 Å². The predicted molar refractivity (Wildman–Crippen MR) is 121 cm³/mol. The molecule has 0 bridgehead atoms. The van der Waals surface area contributed by atoms with Gasteiger partial charge in [0, 0.05) is 16.7 Å². The molecule has 5 rings (SSSR count). The Morgan fingerprint density at radius 2 is 1.94 bits per heavy atom. The van der Waals surface area contributed by atoms with E-state index in [0.717, 1.165) is 49.9 Å². The molecule has 1 aromatic carbocycles. The highest BCUT2D eigenvalue weighted by Gasteiger charge is 2.38. The van der Waals surface area contributed by atoms with Crippen molar-refractivity contribution >= 4 is 28.6 Å². The average Bonchev–Trinajstić information content (AvgIpc) is 3.34. The number of piperidine rings is 1. The summed E-state index contributed by atoms with van der Waals surface area (Å²) in [6.45, 7) is 5.65. The number of primary amides is 1. The van der Waals surface area contributed by atoms with Crippen molar-refractivity contribution in [3.8, 4) is 0 Å². The summed E-state index contributed by atoms with van der Waals surface area (Å²) >= 11 is 0. The van der Waals surface area contributed by atoms with Gasteiger partial charge in [0.15, 0.2) is 5.78 Å². The minimum Gasteiger partial charge on any atom is -0.445 e. The first-order valence-electron chi connectivity index (χ1n) is 11.1. The molecule has 8 nitrogen and oxygen atoms in total. The number of nitrogens with one attached hydrogen (secondary N) is 2. The molecule has 3 heterocycles. The first kappa shape index (κ1) is 20.6. The third kappa shape index (κ3) is 3.54. The maximum atomic E-state index is 13.9. The summed E-state index contributed by atoms with van der Waals surface area (Å²) in [5.74, 6) is -0.0404. The minimum absolute atomic E-state index is 0.0257. The standard InChI is InChI=1S/C24H27N5O3/c1-13-3-4-15(18(17(13)21(25)31)14-5-9-26-10-6-14)20(30)16-11-32-23-19(16)22(27-12-28-23)29-24(2)7-8-24/h3-4,11-12,14,26H,5-10H2,1-2H3,(H2,25,31)(H,27,28,29). The van der Waals surface area contributed by atoms with E-state index < -0.39 is 5.91 Å². The molecule has 1 saturated heterocycles. The van der Waals surface area contributed by atoms with Gasteiger partial charge < -0.3 is 20.8 Å². The lowest BCUT2D eigenvalue weighted by Gasteiger charge is -2.27. The smallest absolute Gasteiger partial charge is 0.249 e. The number of carbonyl (C=O) groups is 2. The summed E-state index contributed by atoms with van der Waals surface area (Å²) in [5, 5.41) is 7.35. The van der Waals surface area contributed by atoms with E-state index in [0.29, 0.717) is 33.6 Å². The monoisotopic (exact) mass is 433 g/mol. The van der Waals surface area contributed by atoms with Crippen molar-refractivity contribution in [3.63, 3.8) is 0 Å². The molecular weight excluding hydrogens is 406 g/mol. The van der Waals surface area contributed by atoms with Gasteiger partial charge in [-0.15, -0.1) is 0 Å². The van der Waals surface area contributed by atoms with Crippen molar-refractivity contribution in [2.24, 2.45) is 5.73 Å². The number of aryl methyl sites for hydroxylation is 1. The summed E-state index contributed by atoms with van der Waals surface area (Å²) in [5.41, 5.74) is 8.99. The van der Waals surface area contributed by atoms with Gasteiger partial charge in [-0.25, -0.2) is 9.97 Å². The van der Waals surface area contributed by atoms with Crippen molar-refractivity contribution in [2.75, 3.05) is 18.4 Å². The zero-order valence-electron chi connectivity index (χ0n) is 18.3. The van der Waals surface area contributed by atoms with Crippen LogP contribution in [0.15, 0.2) is 29.1 Å². The highest BCUT2D eigenvalue weighted by molar-refractivity contribution is 6.19. The number of amides is 1. The Kier molecular flexibility index (Phi) is 4.97. The minimum atomic E-state index is -0.505. The molecule has 2 fully saturated rings. The molecule has 0 radical (unpaired) electrons. The van der Waals surface area contributed by atoms with Crippen LogP contribution >= 0.6 is 0 Å². The Hall–Kier alpha value is -3.26. The largest absolute Gasteiger partial charge is 0.445 e. The zero-order chi connectivity index (χ0) is 22.5. The molecule has 8 heteroatoms. The summed E-state index contributed by atoms with van der Waals surface area (Å²) in [4.78, 5) is 34.9. The highest BCUT2D eigenvalue weighted by atomic mass is 16.3. The maximum absolute atomic E-state index is 13.9. The fourth-order valence-electron chi connectivity index (χ4n) is 4.67. The van der Waals surface area contributed by atoms with Crippen molar-refractivity contribution in [1.82, 2.24) is 15.3 Å². The number of nitrogens with two attached hydrogens (primary N) is 1. The summed E-state index contributed by atoms with van der Waals surface area (Å²) in [6.07, 6.45) is 6.64. The van der Waals surface area contributed by atoms with Crippen molar-refractivity contribution < 1.29 is 14.0 Å². The van der Waals surface area contributed by atoms with E-state index in [1.165, 1.54) is 12.6 Å². The number of aromatic nitrogens is 2. The van der Waals surface area contributed by atoms with Crippen LogP contribution in [0.4, 0.5) is 5.82 Å². The van der Waals surface area contributed by atoms with E-state index in [9.17, 15) is 9.59 Å². The van der Waals surface area contributed by atoms with E-state index in [1.807, 2.05) is 6.92 Å². The van der Waals surface area contributed by atoms with Gasteiger partial charge in [-0.05, 0) is 69.7 Å². The molecule has 0 spiro atoms. The van der Waals surface area contributed by atoms with Crippen LogP contribution in [0.25, 0.3) is 11.1 Å². The fourth-order valence-corrected chi connectivity index (χ4v) is 4.67. The van der Waals surface area contributed by atoms with Gasteiger partial charge >= 0.3 is 0 Å². The van der Waals surface area contributed by atoms with E-state index >= 15 is 0 Å². The number of fused-ring (bicyclic) bond motifs is 1. The number of carbonyl (C=O) groups excluding carboxylic acids is 2. The van der Waals surface area contributed by atoms with Crippen LogP contribution in [0.2, 0.25) is 0 Å². The Morgan fingerprint density at radius 3 is 2.62 bits per heavy atom. The molecule has 32 heavy (non-hydrogen) atoms. The van der Waals surface area contributed by atoms with Crippen LogP contribution < -0.4 is 16.4 Å². The number of nitrogens with zero attached hydrogens (tertiary/aromatic N) is 2. The Morgan fingerprint density at radius 1 is 1.19 bits per heavy atom. The number of furan rings is 1. The van der Waals surface area contributed by atoms with Crippen LogP contribution in [0.5, 0.6) is 0 Å². The van der Waals surface area contributed by atoms with E-state index in [1.54, 1.807) is 12.1 Å². The van der Waals surface area contributed by atoms with Gasteiger partial charge in [0.2, 0.25) is 11.6 Å². The molecule has 0 unspecified atom stereocenters. The maximum Gasteiger partial charge on any atom is 0.249 e. The highest BCUT2D eigenvalue weighted by Crippen LogP contribution is 2.40. The first-order valence-corrected chi connectivity index (χ1v) is 11.1. The molecule has 2 aromatic heterocycles. The number of hydrogen-bond donors (Lipinski definition) is 3. The summed E-state index contributed by atoms with van der Waals surface area (Å²) in [7, 11) is 0. The third-order valence-corrected chi connectivity index (χ3v) is 6.73. The second-order valence-electron chi connectivity index (χ2n) is 9.17. The molecule has 0 atom stereocenters. The van der Waals surface area contributed by atoms with Crippen molar-refractivity contribution in [2.45, 2.75) is 51.0 Å². The lowest BCUT2D eigenvalue weighted by molar-refractivity contribution is 0.0998. The van der Waals surface area contributed by atoms with Gasteiger partial charge in [-0.3, -0.25) is 9.59 Å².